The second kappa shape index (κ2) is 10.8. The fourth-order valence-electron chi connectivity index (χ4n) is 2.50. The van der Waals surface area contributed by atoms with Gasteiger partial charge in [-0.3, -0.25) is 4.79 Å². The SMILES string of the molecule is CCNC(=O)c1ccc(C)c(NC(=O)N(CCC(C)C)CCC(C)C)c1. The second-order valence-electron chi connectivity index (χ2n) is 7.67. The average Bonchev–Trinajstić information content (AvgIpc) is 2.56. The van der Waals surface area contributed by atoms with Crippen molar-refractivity contribution in [3.8, 4) is 0 Å². The van der Waals surface area contributed by atoms with Crippen LogP contribution in [0.25, 0.3) is 0 Å². The zero-order valence-electron chi connectivity index (χ0n) is 17.2. The number of hydrogen-bond acceptors (Lipinski definition) is 2. The lowest BCUT2D eigenvalue weighted by atomic mass is 10.1. The average molecular weight is 362 g/mol. The molecule has 0 aliphatic carbocycles. The van der Waals surface area contributed by atoms with Crippen LogP contribution in [0, 0.1) is 18.8 Å². The Morgan fingerprint density at radius 3 is 2.12 bits per heavy atom. The molecule has 5 heteroatoms. The van der Waals surface area contributed by atoms with Crippen LogP contribution in [0.2, 0.25) is 0 Å². The van der Waals surface area contributed by atoms with Gasteiger partial charge in [0, 0.05) is 30.9 Å². The summed E-state index contributed by atoms with van der Waals surface area (Å²) in [7, 11) is 0. The van der Waals surface area contributed by atoms with Crippen molar-refractivity contribution in [3.63, 3.8) is 0 Å². The summed E-state index contributed by atoms with van der Waals surface area (Å²) in [5, 5.41) is 5.79. The van der Waals surface area contributed by atoms with Crippen LogP contribution in [0.15, 0.2) is 18.2 Å². The Hall–Kier alpha value is -2.04. The van der Waals surface area contributed by atoms with E-state index in [9.17, 15) is 9.59 Å². The Morgan fingerprint density at radius 1 is 1.04 bits per heavy atom. The van der Waals surface area contributed by atoms with Crippen molar-refractivity contribution in [2.75, 3.05) is 25.0 Å². The van der Waals surface area contributed by atoms with Gasteiger partial charge in [0.05, 0.1) is 0 Å². The highest BCUT2D eigenvalue weighted by Gasteiger charge is 2.16. The smallest absolute Gasteiger partial charge is 0.321 e. The molecule has 0 aromatic heterocycles. The lowest BCUT2D eigenvalue weighted by molar-refractivity contribution is 0.0956. The van der Waals surface area contributed by atoms with Crippen LogP contribution in [-0.4, -0.2) is 36.5 Å². The van der Waals surface area contributed by atoms with E-state index in [1.807, 2.05) is 24.8 Å². The lowest BCUT2D eigenvalue weighted by Crippen LogP contribution is -2.37. The number of carbonyl (C=O) groups excluding carboxylic acids is 2. The van der Waals surface area contributed by atoms with Crippen molar-refractivity contribution >= 4 is 17.6 Å². The van der Waals surface area contributed by atoms with Gasteiger partial charge in [0.1, 0.15) is 0 Å². The number of nitrogens with zero attached hydrogens (tertiary/aromatic N) is 1. The van der Waals surface area contributed by atoms with Gasteiger partial charge in [-0.05, 0) is 56.2 Å². The Kier molecular flexibility index (Phi) is 9.17. The summed E-state index contributed by atoms with van der Waals surface area (Å²) < 4.78 is 0. The van der Waals surface area contributed by atoms with E-state index >= 15 is 0 Å². The molecule has 1 aromatic carbocycles. The Labute approximate surface area is 158 Å². The zero-order valence-corrected chi connectivity index (χ0v) is 17.2. The number of benzene rings is 1. The van der Waals surface area contributed by atoms with E-state index in [2.05, 4.69) is 38.3 Å². The number of anilines is 1. The molecule has 3 amide bonds. The topological polar surface area (TPSA) is 61.4 Å². The van der Waals surface area contributed by atoms with Gasteiger partial charge in [0.2, 0.25) is 0 Å². The van der Waals surface area contributed by atoms with Gasteiger partial charge < -0.3 is 15.5 Å². The summed E-state index contributed by atoms with van der Waals surface area (Å²) in [5.74, 6) is 0.971. The van der Waals surface area contributed by atoms with Crippen molar-refractivity contribution in [1.82, 2.24) is 10.2 Å². The van der Waals surface area contributed by atoms with Gasteiger partial charge in [-0.25, -0.2) is 4.79 Å². The summed E-state index contributed by atoms with van der Waals surface area (Å²) in [5.41, 5.74) is 2.19. The quantitative estimate of drug-likeness (QED) is 0.671. The molecule has 2 N–H and O–H groups in total. The first-order valence-corrected chi connectivity index (χ1v) is 9.69. The number of rotatable bonds is 9. The van der Waals surface area contributed by atoms with Gasteiger partial charge in [-0.2, -0.15) is 0 Å². The standard InChI is InChI=1S/C21H35N3O2/c1-7-22-20(25)18-9-8-17(6)19(14-18)23-21(26)24(12-10-15(2)3)13-11-16(4)5/h8-9,14-16H,7,10-13H2,1-6H3,(H,22,25)(H,23,26). The molecule has 1 aromatic rings. The predicted octanol–water partition coefficient (Wildman–Crippen LogP) is 4.67. The minimum atomic E-state index is -0.125. The summed E-state index contributed by atoms with van der Waals surface area (Å²) in [6.45, 7) is 14.5. The van der Waals surface area contributed by atoms with Crippen LogP contribution in [-0.2, 0) is 0 Å². The van der Waals surface area contributed by atoms with E-state index in [-0.39, 0.29) is 11.9 Å². The van der Waals surface area contributed by atoms with Crippen LogP contribution < -0.4 is 10.6 Å². The molecule has 0 saturated heterocycles. The van der Waals surface area contributed by atoms with Crippen LogP contribution >= 0.6 is 0 Å². The highest BCUT2D eigenvalue weighted by atomic mass is 16.2. The van der Waals surface area contributed by atoms with Crippen molar-refractivity contribution < 1.29 is 9.59 Å². The normalized spacial score (nSPS) is 10.9. The van der Waals surface area contributed by atoms with E-state index in [1.54, 1.807) is 12.1 Å². The van der Waals surface area contributed by atoms with Crippen molar-refractivity contribution in [2.24, 2.45) is 11.8 Å². The molecule has 5 nitrogen and oxygen atoms in total. The zero-order chi connectivity index (χ0) is 19.7. The number of nitrogens with one attached hydrogen (secondary N) is 2. The Balaban J connectivity index is 2.88. The number of urea groups is 1. The number of amides is 3. The highest BCUT2D eigenvalue weighted by Crippen LogP contribution is 2.18. The molecule has 0 atom stereocenters. The van der Waals surface area contributed by atoms with E-state index in [0.717, 1.165) is 31.5 Å². The molecule has 0 radical (unpaired) electrons. The number of aryl methyl sites for hydroxylation is 1. The summed E-state index contributed by atoms with van der Waals surface area (Å²) in [4.78, 5) is 26.7. The molecule has 0 aliphatic rings. The lowest BCUT2D eigenvalue weighted by Gasteiger charge is -2.25. The minimum Gasteiger partial charge on any atom is -0.352 e. The Bertz CT molecular complexity index is 585. The second-order valence-corrected chi connectivity index (χ2v) is 7.67. The Morgan fingerprint density at radius 2 is 1.62 bits per heavy atom. The minimum absolute atomic E-state index is 0.0950. The molecule has 146 valence electrons. The molecule has 0 aliphatic heterocycles. The number of carbonyl (C=O) groups is 2. The first kappa shape index (κ1) is 22.0. The molecular formula is C21H35N3O2. The van der Waals surface area contributed by atoms with Gasteiger partial charge in [-0.15, -0.1) is 0 Å². The van der Waals surface area contributed by atoms with E-state index in [0.29, 0.717) is 29.6 Å². The largest absolute Gasteiger partial charge is 0.352 e. The molecule has 1 rings (SSSR count). The molecule has 0 heterocycles. The fourth-order valence-corrected chi connectivity index (χ4v) is 2.50. The molecule has 26 heavy (non-hydrogen) atoms. The molecular weight excluding hydrogens is 326 g/mol. The first-order chi connectivity index (χ1) is 12.2. The monoisotopic (exact) mass is 361 g/mol. The third kappa shape index (κ3) is 7.46. The predicted molar refractivity (Wildman–Crippen MR) is 109 cm³/mol. The molecule has 0 unspecified atom stereocenters. The van der Waals surface area contributed by atoms with E-state index < -0.39 is 0 Å². The maximum atomic E-state index is 12.8. The van der Waals surface area contributed by atoms with Crippen molar-refractivity contribution in [2.45, 2.75) is 54.4 Å². The number of hydrogen-bond donors (Lipinski definition) is 2. The van der Waals surface area contributed by atoms with Gasteiger partial charge >= 0.3 is 6.03 Å². The maximum Gasteiger partial charge on any atom is 0.321 e. The van der Waals surface area contributed by atoms with Gasteiger partial charge in [-0.1, -0.05) is 33.8 Å². The van der Waals surface area contributed by atoms with Crippen LogP contribution in [0.1, 0.15) is 63.4 Å². The van der Waals surface area contributed by atoms with Gasteiger partial charge in [0.25, 0.3) is 5.91 Å². The first-order valence-electron chi connectivity index (χ1n) is 9.69. The maximum absolute atomic E-state index is 12.8. The summed E-state index contributed by atoms with van der Waals surface area (Å²) in [6, 6.07) is 5.31. The molecule has 0 saturated carbocycles. The van der Waals surface area contributed by atoms with Gasteiger partial charge in [0.15, 0.2) is 0 Å². The van der Waals surface area contributed by atoms with Crippen LogP contribution in [0.3, 0.4) is 0 Å². The fraction of sp³-hybridized carbons (Fsp3) is 0.619. The third-order valence-electron chi connectivity index (χ3n) is 4.32. The van der Waals surface area contributed by atoms with Crippen molar-refractivity contribution in [1.29, 1.82) is 0 Å². The van der Waals surface area contributed by atoms with E-state index in [1.165, 1.54) is 0 Å². The van der Waals surface area contributed by atoms with Crippen molar-refractivity contribution in [3.05, 3.63) is 29.3 Å². The summed E-state index contributed by atoms with van der Waals surface area (Å²) >= 11 is 0. The third-order valence-corrected chi connectivity index (χ3v) is 4.32. The van der Waals surface area contributed by atoms with Crippen LogP contribution in [0.5, 0.6) is 0 Å². The molecule has 0 spiro atoms. The van der Waals surface area contributed by atoms with E-state index in [4.69, 9.17) is 0 Å². The summed E-state index contributed by atoms with van der Waals surface area (Å²) in [6.07, 6.45) is 1.95. The molecule has 0 fully saturated rings. The van der Waals surface area contributed by atoms with Crippen LogP contribution in [0.4, 0.5) is 10.5 Å². The highest BCUT2D eigenvalue weighted by molar-refractivity contribution is 5.97. The molecule has 0 bridgehead atoms.